The molecule has 0 radical (unpaired) electrons. The lowest BCUT2D eigenvalue weighted by Crippen LogP contribution is -2.24. The first-order valence-electron chi connectivity index (χ1n) is 7.63. The van der Waals surface area contributed by atoms with Gasteiger partial charge in [0, 0.05) is 12.3 Å². The van der Waals surface area contributed by atoms with Crippen molar-refractivity contribution in [3.8, 4) is 0 Å². The standard InChI is InChI=1S/C18H21NO3/c1-2-14-7-9-15(10-8-14)5-3-4-6-16-11-12-19(18(21)22)17(20)13-16/h7-13H,2-6H2,1H3,(H,21,22). The molecular formula is C18H21NO3. The first-order valence-corrected chi connectivity index (χ1v) is 7.63. The van der Waals surface area contributed by atoms with E-state index in [4.69, 9.17) is 5.11 Å². The van der Waals surface area contributed by atoms with Crippen molar-refractivity contribution in [2.45, 2.75) is 39.0 Å². The Hall–Kier alpha value is -2.36. The van der Waals surface area contributed by atoms with Gasteiger partial charge in [0.25, 0.3) is 5.56 Å². The summed E-state index contributed by atoms with van der Waals surface area (Å²) in [5.41, 5.74) is 3.09. The fraction of sp³-hybridized carbons (Fsp3) is 0.333. The minimum atomic E-state index is -1.24. The second kappa shape index (κ2) is 7.59. The zero-order valence-corrected chi connectivity index (χ0v) is 12.8. The number of unbranched alkanes of at least 4 members (excludes halogenated alkanes) is 1. The monoisotopic (exact) mass is 299 g/mol. The summed E-state index contributed by atoms with van der Waals surface area (Å²) in [6.45, 7) is 2.15. The second-order valence-electron chi connectivity index (χ2n) is 5.40. The summed E-state index contributed by atoms with van der Waals surface area (Å²) in [7, 11) is 0. The zero-order valence-electron chi connectivity index (χ0n) is 12.8. The predicted octanol–water partition coefficient (Wildman–Crippen LogP) is 3.50. The van der Waals surface area contributed by atoms with Crippen LogP contribution in [0.15, 0.2) is 47.4 Å². The van der Waals surface area contributed by atoms with Crippen LogP contribution < -0.4 is 5.56 Å². The van der Waals surface area contributed by atoms with Crippen LogP contribution in [-0.4, -0.2) is 15.8 Å². The zero-order chi connectivity index (χ0) is 15.9. The van der Waals surface area contributed by atoms with Crippen LogP contribution in [0.5, 0.6) is 0 Å². The summed E-state index contributed by atoms with van der Waals surface area (Å²) in [6.07, 6.45) is 4.98. The largest absolute Gasteiger partial charge is 0.464 e. The van der Waals surface area contributed by atoms with Gasteiger partial charge in [-0.3, -0.25) is 4.79 Å². The molecule has 2 aromatic rings. The Balaban J connectivity index is 1.82. The van der Waals surface area contributed by atoms with Crippen LogP contribution in [0.1, 0.15) is 36.5 Å². The summed E-state index contributed by atoms with van der Waals surface area (Å²) in [5, 5.41) is 8.80. The number of carbonyl (C=O) groups is 1. The smallest absolute Gasteiger partial charge is 0.418 e. The van der Waals surface area contributed by atoms with Gasteiger partial charge in [0.2, 0.25) is 0 Å². The molecule has 4 nitrogen and oxygen atoms in total. The molecule has 0 aliphatic rings. The highest BCUT2D eigenvalue weighted by Crippen LogP contribution is 2.10. The van der Waals surface area contributed by atoms with Crippen molar-refractivity contribution < 1.29 is 9.90 Å². The van der Waals surface area contributed by atoms with Crippen LogP contribution in [-0.2, 0) is 19.3 Å². The predicted molar refractivity (Wildman–Crippen MR) is 86.6 cm³/mol. The van der Waals surface area contributed by atoms with Crippen LogP contribution in [0, 0.1) is 0 Å². The minimum Gasteiger partial charge on any atom is -0.464 e. The lowest BCUT2D eigenvalue weighted by atomic mass is 10.0. The lowest BCUT2D eigenvalue weighted by molar-refractivity contribution is 0.195. The van der Waals surface area contributed by atoms with Crippen molar-refractivity contribution in [2.24, 2.45) is 0 Å². The summed E-state index contributed by atoms with van der Waals surface area (Å²) >= 11 is 0. The number of rotatable bonds is 6. The molecule has 1 aromatic carbocycles. The molecule has 22 heavy (non-hydrogen) atoms. The molecular weight excluding hydrogens is 278 g/mol. The Bertz CT molecular complexity index is 686. The number of aromatic nitrogens is 1. The topological polar surface area (TPSA) is 59.3 Å². The molecule has 0 amide bonds. The molecule has 1 N–H and O–H groups in total. The molecule has 0 saturated carbocycles. The van der Waals surface area contributed by atoms with E-state index < -0.39 is 11.7 Å². The van der Waals surface area contributed by atoms with E-state index in [0.29, 0.717) is 4.57 Å². The number of hydrogen-bond acceptors (Lipinski definition) is 2. The van der Waals surface area contributed by atoms with Crippen LogP contribution in [0.2, 0.25) is 0 Å². The molecule has 0 fully saturated rings. The maximum Gasteiger partial charge on any atom is 0.418 e. The quantitative estimate of drug-likeness (QED) is 0.830. The number of pyridine rings is 1. The average Bonchev–Trinajstić information content (AvgIpc) is 2.52. The molecule has 0 atom stereocenters. The maximum absolute atomic E-state index is 11.6. The lowest BCUT2D eigenvalue weighted by Gasteiger charge is -2.05. The van der Waals surface area contributed by atoms with Crippen molar-refractivity contribution in [1.82, 2.24) is 4.57 Å². The van der Waals surface area contributed by atoms with Gasteiger partial charge in [-0.05, 0) is 54.9 Å². The highest BCUT2D eigenvalue weighted by molar-refractivity contribution is 5.67. The van der Waals surface area contributed by atoms with Crippen molar-refractivity contribution in [3.05, 3.63) is 69.6 Å². The van der Waals surface area contributed by atoms with Crippen LogP contribution in [0.4, 0.5) is 4.79 Å². The van der Waals surface area contributed by atoms with E-state index >= 15 is 0 Å². The van der Waals surface area contributed by atoms with Crippen molar-refractivity contribution in [1.29, 1.82) is 0 Å². The number of benzene rings is 1. The van der Waals surface area contributed by atoms with Gasteiger partial charge in [0.05, 0.1) is 0 Å². The van der Waals surface area contributed by atoms with E-state index in [0.717, 1.165) is 37.7 Å². The Morgan fingerprint density at radius 3 is 2.14 bits per heavy atom. The molecule has 0 unspecified atom stereocenters. The summed E-state index contributed by atoms with van der Waals surface area (Å²) in [6, 6.07) is 11.8. The molecule has 0 saturated heterocycles. The summed E-state index contributed by atoms with van der Waals surface area (Å²) in [4.78, 5) is 22.3. The number of hydrogen-bond donors (Lipinski definition) is 1. The molecule has 0 spiro atoms. The Morgan fingerprint density at radius 1 is 1.00 bits per heavy atom. The van der Waals surface area contributed by atoms with Gasteiger partial charge in [-0.15, -0.1) is 0 Å². The van der Waals surface area contributed by atoms with Gasteiger partial charge < -0.3 is 5.11 Å². The highest BCUT2D eigenvalue weighted by Gasteiger charge is 2.04. The van der Waals surface area contributed by atoms with E-state index in [2.05, 4.69) is 31.2 Å². The number of aryl methyl sites for hydroxylation is 3. The van der Waals surface area contributed by atoms with Gasteiger partial charge in [-0.1, -0.05) is 31.2 Å². The van der Waals surface area contributed by atoms with Gasteiger partial charge in [0.15, 0.2) is 0 Å². The third-order valence-electron chi connectivity index (χ3n) is 3.80. The molecule has 0 bridgehead atoms. The van der Waals surface area contributed by atoms with Crippen LogP contribution in [0.3, 0.4) is 0 Å². The minimum absolute atomic E-state index is 0.486. The number of nitrogens with zero attached hydrogens (tertiary/aromatic N) is 1. The Kier molecular flexibility index (Phi) is 5.53. The van der Waals surface area contributed by atoms with Gasteiger partial charge in [-0.2, -0.15) is 0 Å². The van der Waals surface area contributed by atoms with Gasteiger partial charge in [-0.25, -0.2) is 9.36 Å². The first-order chi connectivity index (χ1) is 10.6. The van der Waals surface area contributed by atoms with Crippen molar-refractivity contribution in [2.75, 3.05) is 0 Å². The van der Waals surface area contributed by atoms with E-state index in [1.54, 1.807) is 6.07 Å². The van der Waals surface area contributed by atoms with Gasteiger partial charge >= 0.3 is 6.09 Å². The third-order valence-corrected chi connectivity index (χ3v) is 3.80. The molecule has 0 aliphatic carbocycles. The molecule has 1 aromatic heterocycles. The molecule has 4 heteroatoms. The van der Waals surface area contributed by atoms with Crippen LogP contribution in [0.25, 0.3) is 0 Å². The fourth-order valence-electron chi connectivity index (χ4n) is 2.43. The van der Waals surface area contributed by atoms with E-state index in [1.807, 2.05) is 0 Å². The highest BCUT2D eigenvalue weighted by atomic mass is 16.4. The first kappa shape index (κ1) is 16.0. The molecule has 116 valence electrons. The SMILES string of the molecule is CCc1ccc(CCCCc2ccn(C(=O)O)c(=O)c2)cc1. The Labute approximate surface area is 130 Å². The molecule has 1 heterocycles. The van der Waals surface area contributed by atoms with Crippen LogP contribution >= 0.6 is 0 Å². The van der Waals surface area contributed by atoms with E-state index in [9.17, 15) is 9.59 Å². The third kappa shape index (κ3) is 4.32. The second-order valence-corrected chi connectivity index (χ2v) is 5.40. The summed E-state index contributed by atoms with van der Waals surface area (Å²) < 4.78 is 0.693. The number of carboxylic acid groups (broad SMARTS) is 1. The molecule has 0 aliphatic heterocycles. The van der Waals surface area contributed by atoms with Crippen molar-refractivity contribution >= 4 is 6.09 Å². The average molecular weight is 299 g/mol. The Morgan fingerprint density at radius 2 is 1.59 bits per heavy atom. The van der Waals surface area contributed by atoms with Gasteiger partial charge in [0.1, 0.15) is 0 Å². The van der Waals surface area contributed by atoms with E-state index in [-0.39, 0.29) is 0 Å². The summed E-state index contributed by atoms with van der Waals surface area (Å²) in [5.74, 6) is 0. The maximum atomic E-state index is 11.6. The van der Waals surface area contributed by atoms with E-state index in [1.165, 1.54) is 23.4 Å². The molecule has 2 rings (SSSR count). The fourth-order valence-corrected chi connectivity index (χ4v) is 2.43. The normalized spacial score (nSPS) is 10.6. The van der Waals surface area contributed by atoms with Crippen molar-refractivity contribution in [3.63, 3.8) is 0 Å².